The average Bonchev–Trinajstić information content (AvgIpc) is 2.16. The highest BCUT2D eigenvalue weighted by Gasteiger charge is 2.01. The molecule has 0 bridgehead atoms. The highest BCUT2D eigenvalue weighted by Crippen LogP contribution is 2.19. The zero-order valence-corrected chi connectivity index (χ0v) is 9.11. The summed E-state index contributed by atoms with van der Waals surface area (Å²) < 4.78 is 10.1. The van der Waals surface area contributed by atoms with Crippen LogP contribution in [0.25, 0.3) is 0 Å². The molecule has 0 aliphatic carbocycles. The molecule has 0 unspecified atom stereocenters. The van der Waals surface area contributed by atoms with E-state index in [4.69, 9.17) is 9.47 Å². The average molecular weight is 206 g/mol. The largest absolute Gasteiger partial charge is 0.497 e. The molecule has 0 spiro atoms. The summed E-state index contributed by atoms with van der Waals surface area (Å²) in [6, 6.07) is 6.93. The Morgan fingerprint density at radius 2 is 1.93 bits per heavy atom. The maximum Gasteiger partial charge on any atom is 0.336 e. The van der Waals surface area contributed by atoms with Gasteiger partial charge in [0.05, 0.1) is 7.11 Å². The van der Waals surface area contributed by atoms with Crippen LogP contribution < -0.4 is 9.47 Å². The van der Waals surface area contributed by atoms with Crippen LogP contribution in [-0.4, -0.2) is 13.1 Å². The van der Waals surface area contributed by atoms with Crippen LogP contribution >= 0.6 is 0 Å². The van der Waals surface area contributed by atoms with Gasteiger partial charge in [-0.15, -0.1) is 0 Å². The zero-order chi connectivity index (χ0) is 11.3. The van der Waals surface area contributed by atoms with Gasteiger partial charge in [-0.2, -0.15) is 0 Å². The molecule has 0 N–H and O–H groups in total. The summed E-state index contributed by atoms with van der Waals surface area (Å²) in [6.45, 7) is 3.68. The Bertz CT molecular complexity index is 376. The Labute approximate surface area is 89.3 Å². The first kappa shape index (κ1) is 11.3. The normalized spacial score (nSPS) is 9.27. The van der Waals surface area contributed by atoms with E-state index in [-0.39, 0.29) is 5.97 Å². The summed E-state index contributed by atoms with van der Waals surface area (Å²) in [6.07, 6.45) is 1.44. The Balaban J connectivity index is 2.72. The second kappa shape index (κ2) is 5.20. The molecular weight excluding hydrogens is 192 g/mol. The van der Waals surface area contributed by atoms with E-state index >= 15 is 0 Å². The van der Waals surface area contributed by atoms with E-state index in [1.807, 2.05) is 13.8 Å². The minimum atomic E-state index is -0.372. The summed E-state index contributed by atoms with van der Waals surface area (Å²) in [5.41, 5.74) is 0.905. The van der Waals surface area contributed by atoms with Gasteiger partial charge in [0.2, 0.25) is 0 Å². The number of hydrogen-bond acceptors (Lipinski definition) is 3. The number of ether oxygens (including phenoxy) is 2. The van der Waals surface area contributed by atoms with Gasteiger partial charge in [0.1, 0.15) is 11.5 Å². The summed E-state index contributed by atoms with van der Waals surface area (Å²) in [4.78, 5) is 11.3. The van der Waals surface area contributed by atoms with Crippen LogP contribution in [0.2, 0.25) is 0 Å². The summed E-state index contributed by atoms with van der Waals surface area (Å²) in [7, 11) is 1.57. The van der Waals surface area contributed by atoms with Crippen LogP contribution in [0.4, 0.5) is 0 Å². The molecule has 0 aliphatic heterocycles. The molecule has 0 heterocycles. The molecule has 80 valence electrons. The van der Waals surface area contributed by atoms with E-state index in [1.54, 1.807) is 31.4 Å². The quantitative estimate of drug-likeness (QED) is 0.433. The first-order valence-corrected chi connectivity index (χ1v) is 4.62. The van der Waals surface area contributed by atoms with Crippen molar-refractivity contribution in [2.24, 2.45) is 0 Å². The van der Waals surface area contributed by atoms with Gasteiger partial charge in [0, 0.05) is 12.1 Å². The van der Waals surface area contributed by atoms with Crippen molar-refractivity contribution in [1.82, 2.24) is 0 Å². The molecule has 0 saturated carbocycles. The third kappa shape index (κ3) is 3.85. The molecule has 0 aliphatic rings. The Morgan fingerprint density at radius 3 is 2.53 bits per heavy atom. The predicted molar refractivity (Wildman–Crippen MR) is 58.1 cm³/mol. The number of hydrogen-bond donors (Lipinski definition) is 0. The maximum atomic E-state index is 11.3. The minimum absolute atomic E-state index is 0.372. The Kier molecular flexibility index (Phi) is 3.92. The van der Waals surface area contributed by atoms with E-state index in [2.05, 4.69) is 0 Å². The predicted octanol–water partition coefficient (Wildman–Crippen LogP) is 2.57. The smallest absolute Gasteiger partial charge is 0.336 e. The lowest BCUT2D eigenvalue weighted by Gasteiger charge is -2.03. The van der Waals surface area contributed by atoms with Crippen molar-refractivity contribution in [2.75, 3.05) is 7.11 Å². The topological polar surface area (TPSA) is 35.5 Å². The molecule has 15 heavy (non-hydrogen) atoms. The standard InChI is InChI=1S/C12H14O3/c1-9(2)7-12(13)15-11-6-4-5-10(8-11)14-3/h4-8H,1-3H3. The first-order chi connectivity index (χ1) is 7.11. The zero-order valence-electron chi connectivity index (χ0n) is 9.11. The number of allylic oxidation sites excluding steroid dienone is 1. The molecule has 1 aromatic carbocycles. The molecule has 3 nitrogen and oxygen atoms in total. The first-order valence-electron chi connectivity index (χ1n) is 4.62. The molecule has 1 aromatic rings. The van der Waals surface area contributed by atoms with Crippen LogP contribution in [0.1, 0.15) is 13.8 Å². The highest BCUT2D eigenvalue weighted by molar-refractivity contribution is 5.84. The third-order valence-electron chi connectivity index (χ3n) is 1.67. The Morgan fingerprint density at radius 1 is 1.27 bits per heavy atom. The van der Waals surface area contributed by atoms with Crippen molar-refractivity contribution in [3.63, 3.8) is 0 Å². The van der Waals surface area contributed by atoms with Crippen LogP contribution in [0.3, 0.4) is 0 Å². The SMILES string of the molecule is COc1cccc(OC(=O)C=C(C)C)c1. The van der Waals surface area contributed by atoms with Gasteiger partial charge in [-0.05, 0) is 26.0 Å². The van der Waals surface area contributed by atoms with Crippen molar-refractivity contribution >= 4 is 5.97 Å². The minimum Gasteiger partial charge on any atom is -0.497 e. The highest BCUT2D eigenvalue weighted by atomic mass is 16.5. The molecule has 3 heteroatoms. The molecule has 0 amide bonds. The molecule has 1 rings (SSSR count). The van der Waals surface area contributed by atoms with E-state index in [9.17, 15) is 4.79 Å². The van der Waals surface area contributed by atoms with Crippen LogP contribution in [0.5, 0.6) is 11.5 Å². The van der Waals surface area contributed by atoms with Crippen molar-refractivity contribution in [2.45, 2.75) is 13.8 Å². The molecule has 0 aromatic heterocycles. The van der Waals surface area contributed by atoms with Gasteiger partial charge in [-0.3, -0.25) is 0 Å². The van der Waals surface area contributed by atoms with Crippen LogP contribution in [-0.2, 0) is 4.79 Å². The molecular formula is C12H14O3. The Hall–Kier alpha value is -1.77. The van der Waals surface area contributed by atoms with Gasteiger partial charge in [-0.25, -0.2) is 4.79 Å². The molecule has 0 radical (unpaired) electrons. The van der Waals surface area contributed by atoms with Crippen molar-refractivity contribution in [3.05, 3.63) is 35.9 Å². The fourth-order valence-corrected chi connectivity index (χ4v) is 1.05. The second-order valence-electron chi connectivity index (χ2n) is 3.32. The van der Waals surface area contributed by atoms with E-state index in [1.165, 1.54) is 6.08 Å². The van der Waals surface area contributed by atoms with E-state index in [0.29, 0.717) is 11.5 Å². The fraction of sp³-hybridized carbons (Fsp3) is 0.250. The lowest BCUT2D eigenvalue weighted by atomic mass is 10.3. The van der Waals surface area contributed by atoms with E-state index in [0.717, 1.165) is 5.57 Å². The van der Waals surface area contributed by atoms with Crippen LogP contribution in [0.15, 0.2) is 35.9 Å². The van der Waals surface area contributed by atoms with Gasteiger partial charge >= 0.3 is 5.97 Å². The van der Waals surface area contributed by atoms with Gasteiger partial charge in [0.25, 0.3) is 0 Å². The fourth-order valence-electron chi connectivity index (χ4n) is 1.05. The van der Waals surface area contributed by atoms with Crippen molar-refractivity contribution < 1.29 is 14.3 Å². The lowest BCUT2D eigenvalue weighted by molar-refractivity contribution is -0.129. The van der Waals surface area contributed by atoms with Crippen molar-refractivity contribution in [1.29, 1.82) is 0 Å². The van der Waals surface area contributed by atoms with Crippen LogP contribution in [0, 0.1) is 0 Å². The lowest BCUT2D eigenvalue weighted by Crippen LogP contribution is -2.04. The number of rotatable bonds is 3. The van der Waals surface area contributed by atoms with Gasteiger partial charge in [-0.1, -0.05) is 11.6 Å². The van der Waals surface area contributed by atoms with Gasteiger partial charge in [0.15, 0.2) is 0 Å². The second-order valence-corrected chi connectivity index (χ2v) is 3.32. The monoisotopic (exact) mass is 206 g/mol. The third-order valence-corrected chi connectivity index (χ3v) is 1.67. The molecule has 0 saturated heterocycles. The summed E-state index contributed by atoms with van der Waals surface area (Å²) >= 11 is 0. The number of carbonyl (C=O) groups excluding carboxylic acids is 1. The molecule has 0 fully saturated rings. The number of benzene rings is 1. The number of carbonyl (C=O) groups is 1. The summed E-state index contributed by atoms with van der Waals surface area (Å²) in [5, 5.41) is 0. The van der Waals surface area contributed by atoms with E-state index < -0.39 is 0 Å². The number of methoxy groups -OCH3 is 1. The van der Waals surface area contributed by atoms with Gasteiger partial charge < -0.3 is 9.47 Å². The maximum absolute atomic E-state index is 11.3. The van der Waals surface area contributed by atoms with Crippen molar-refractivity contribution in [3.8, 4) is 11.5 Å². The molecule has 0 atom stereocenters. The summed E-state index contributed by atoms with van der Waals surface area (Å²) in [5.74, 6) is 0.776. The number of esters is 1.